The lowest BCUT2D eigenvalue weighted by molar-refractivity contribution is -0.145. The Hall–Kier alpha value is -2.37. The molecule has 22 heavy (non-hydrogen) atoms. The Morgan fingerprint density at radius 2 is 1.86 bits per heavy atom. The highest BCUT2D eigenvalue weighted by Gasteiger charge is 2.41. The smallest absolute Gasteiger partial charge is 0.338 e. The highest BCUT2D eigenvalue weighted by atomic mass is 16.5. The molecule has 1 aliphatic rings. The molecular formula is C16H19NO5. The normalized spacial score (nSPS) is 23.8. The van der Waals surface area contributed by atoms with Gasteiger partial charge in [0.25, 0.3) is 0 Å². The van der Waals surface area contributed by atoms with Crippen LogP contribution in [0.4, 0.5) is 0 Å². The molecule has 1 saturated carbocycles. The molecule has 3 atom stereocenters. The van der Waals surface area contributed by atoms with Crippen molar-refractivity contribution in [1.82, 2.24) is 0 Å². The number of amides is 1. The number of esters is 2. The molecule has 1 aromatic rings. The van der Waals surface area contributed by atoms with E-state index < -0.39 is 17.8 Å². The first kappa shape index (κ1) is 16.0. The van der Waals surface area contributed by atoms with Gasteiger partial charge < -0.3 is 15.2 Å². The zero-order chi connectivity index (χ0) is 16.1. The Morgan fingerprint density at radius 3 is 2.45 bits per heavy atom. The molecule has 118 valence electrons. The summed E-state index contributed by atoms with van der Waals surface area (Å²) in [6.45, 7) is 0.0643. The lowest BCUT2D eigenvalue weighted by Crippen LogP contribution is -2.29. The minimum Gasteiger partial charge on any atom is -0.469 e. The maximum atomic E-state index is 11.9. The predicted molar refractivity (Wildman–Crippen MR) is 77.6 cm³/mol. The van der Waals surface area contributed by atoms with Gasteiger partial charge in [-0.1, -0.05) is 18.2 Å². The number of benzene rings is 1. The van der Waals surface area contributed by atoms with Crippen LogP contribution in [0, 0.1) is 17.8 Å². The van der Waals surface area contributed by atoms with E-state index in [0.29, 0.717) is 18.4 Å². The molecule has 0 bridgehead atoms. The van der Waals surface area contributed by atoms with Gasteiger partial charge in [0.05, 0.1) is 25.2 Å². The van der Waals surface area contributed by atoms with Crippen molar-refractivity contribution in [2.24, 2.45) is 23.5 Å². The van der Waals surface area contributed by atoms with Crippen molar-refractivity contribution in [2.75, 3.05) is 13.7 Å². The number of primary amides is 1. The van der Waals surface area contributed by atoms with Gasteiger partial charge in [-0.2, -0.15) is 0 Å². The summed E-state index contributed by atoms with van der Waals surface area (Å²) in [6.07, 6.45) is 0.776. The first-order valence-corrected chi connectivity index (χ1v) is 7.12. The maximum absolute atomic E-state index is 11.9. The van der Waals surface area contributed by atoms with Gasteiger partial charge >= 0.3 is 11.9 Å². The second-order valence-corrected chi connectivity index (χ2v) is 5.42. The number of carbonyl (C=O) groups excluding carboxylic acids is 3. The van der Waals surface area contributed by atoms with Gasteiger partial charge in [0.1, 0.15) is 0 Å². The molecule has 6 nitrogen and oxygen atoms in total. The van der Waals surface area contributed by atoms with Crippen LogP contribution in [0.2, 0.25) is 0 Å². The summed E-state index contributed by atoms with van der Waals surface area (Å²) in [5.74, 6) is -2.40. The number of methoxy groups -OCH3 is 1. The van der Waals surface area contributed by atoms with Crippen molar-refractivity contribution in [3.05, 3.63) is 35.9 Å². The second kappa shape index (κ2) is 7.06. The number of nitrogens with two attached hydrogens (primary N) is 1. The van der Waals surface area contributed by atoms with Gasteiger partial charge in [-0.25, -0.2) is 4.79 Å². The Morgan fingerprint density at radius 1 is 1.18 bits per heavy atom. The molecule has 6 heteroatoms. The van der Waals surface area contributed by atoms with E-state index in [1.165, 1.54) is 7.11 Å². The first-order chi connectivity index (χ1) is 10.5. The van der Waals surface area contributed by atoms with Crippen LogP contribution in [-0.4, -0.2) is 31.6 Å². The molecular weight excluding hydrogens is 286 g/mol. The Bertz CT molecular complexity index is 557. The molecule has 0 heterocycles. The minimum atomic E-state index is -0.479. The number of carbonyl (C=O) groups is 3. The second-order valence-electron chi connectivity index (χ2n) is 5.42. The van der Waals surface area contributed by atoms with E-state index in [4.69, 9.17) is 15.2 Å². The average Bonchev–Trinajstić information content (AvgIpc) is 2.97. The van der Waals surface area contributed by atoms with Crippen LogP contribution in [-0.2, 0) is 19.1 Å². The molecule has 2 rings (SSSR count). The lowest BCUT2D eigenvalue weighted by atomic mass is 9.96. The quantitative estimate of drug-likeness (QED) is 0.823. The van der Waals surface area contributed by atoms with Crippen molar-refractivity contribution >= 4 is 17.8 Å². The van der Waals surface area contributed by atoms with Crippen LogP contribution in [0.3, 0.4) is 0 Å². The SMILES string of the molecule is COC(=O)[C@@H]1C[C@@H](COC(=O)c2ccccc2)[C@H](C(N)=O)C1. The lowest BCUT2D eigenvalue weighted by Gasteiger charge is -2.16. The maximum Gasteiger partial charge on any atom is 0.338 e. The van der Waals surface area contributed by atoms with Gasteiger partial charge in [-0.3, -0.25) is 9.59 Å². The third kappa shape index (κ3) is 3.63. The molecule has 0 saturated heterocycles. The fourth-order valence-electron chi connectivity index (χ4n) is 2.86. The van der Waals surface area contributed by atoms with Crippen LogP contribution in [0.1, 0.15) is 23.2 Å². The van der Waals surface area contributed by atoms with Crippen molar-refractivity contribution in [2.45, 2.75) is 12.8 Å². The molecule has 0 radical (unpaired) electrons. The zero-order valence-corrected chi connectivity index (χ0v) is 12.4. The third-order valence-electron chi connectivity index (χ3n) is 4.03. The standard InChI is InChI=1S/C16H19NO5/c1-21-15(19)11-7-12(13(8-11)14(17)18)9-22-16(20)10-5-3-2-4-6-10/h2-6,11-13H,7-9H2,1H3,(H2,17,18)/t11-,12+,13-/m1/s1. The molecule has 1 aliphatic carbocycles. The summed E-state index contributed by atoms with van der Waals surface area (Å²) in [4.78, 5) is 35.0. The predicted octanol–water partition coefficient (Wildman–Crippen LogP) is 1.14. The molecule has 1 amide bonds. The number of hydrogen-bond acceptors (Lipinski definition) is 5. The minimum absolute atomic E-state index is 0.0643. The molecule has 1 aromatic carbocycles. The number of ether oxygens (including phenoxy) is 2. The van der Waals surface area contributed by atoms with Gasteiger partial charge in [-0.15, -0.1) is 0 Å². The van der Waals surface area contributed by atoms with E-state index in [9.17, 15) is 14.4 Å². The highest BCUT2D eigenvalue weighted by molar-refractivity contribution is 5.89. The number of hydrogen-bond donors (Lipinski definition) is 1. The molecule has 2 N–H and O–H groups in total. The van der Waals surface area contributed by atoms with Gasteiger partial charge in [0.2, 0.25) is 5.91 Å². The van der Waals surface area contributed by atoms with E-state index >= 15 is 0 Å². The Balaban J connectivity index is 1.97. The van der Waals surface area contributed by atoms with Crippen LogP contribution >= 0.6 is 0 Å². The van der Waals surface area contributed by atoms with E-state index in [0.717, 1.165) is 0 Å². The number of rotatable bonds is 5. The highest BCUT2D eigenvalue weighted by Crippen LogP contribution is 2.37. The van der Waals surface area contributed by atoms with Crippen LogP contribution in [0.25, 0.3) is 0 Å². The molecule has 0 spiro atoms. The molecule has 0 unspecified atom stereocenters. The van der Waals surface area contributed by atoms with Gasteiger partial charge in [-0.05, 0) is 25.0 Å². The molecule has 1 fully saturated rings. The van der Waals surface area contributed by atoms with E-state index in [-0.39, 0.29) is 24.4 Å². The van der Waals surface area contributed by atoms with Crippen molar-refractivity contribution < 1.29 is 23.9 Å². The summed E-state index contributed by atoms with van der Waals surface area (Å²) in [5.41, 5.74) is 5.82. The van der Waals surface area contributed by atoms with Crippen LogP contribution in [0.15, 0.2) is 30.3 Å². The summed E-state index contributed by atoms with van der Waals surface area (Å²) < 4.78 is 9.96. The van der Waals surface area contributed by atoms with Crippen LogP contribution < -0.4 is 5.73 Å². The van der Waals surface area contributed by atoms with Gasteiger partial charge in [0, 0.05) is 11.8 Å². The topological polar surface area (TPSA) is 95.7 Å². The summed E-state index contributed by atoms with van der Waals surface area (Å²) >= 11 is 0. The van der Waals surface area contributed by atoms with E-state index in [1.807, 2.05) is 0 Å². The van der Waals surface area contributed by atoms with E-state index in [2.05, 4.69) is 0 Å². The Kier molecular flexibility index (Phi) is 5.14. The van der Waals surface area contributed by atoms with Crippen LogP contribution in [0.5, 0.6) is 0 Å². The fourth-order valence-corrected chi connectivity index (χ4v) is 2.86. The largest absolute Gasteiger partial charge is 0.469 e. The summed E-state index contributed by atoms with van der Waals surface area (Å²) in [5, 5.41) is 0. The first-order valence-electron chi connectivity index (χ1n) is 7.12. The van der Waals surface area contributed by atoms with Crippen molar-refractivity contribution in [1.29, 1.82) is 0 Å². The Labute approximate surface area is 128 Å². The average molecular weight is 305 g/mol. The van der Waals surface area contributed by atoms with Gasteiger partial charge in [0.15, 0.2) is 0 Å². The summed E-state index contributed by atoms with van der Waals surface area (Å²) in [7, 11) is 1.31. The van der Waals surface area contributed by atoms with Crippen molar-refractivity contribution in [3.8, 4) is 0 Å². The zero-order valence-electron chi connectivity index (χ0n) is 12.4. The monoisotopic (exact) mass is 305 g/mol. The summed E-state index contributed by atoms with van der Waals surface area (Å²) in [6, 6.07) is 8.59. The van der Waals surface area contributed by atoms with E-state index in [1.54, 1.807) is 30.3 Å². The molecule has 0 aromatic heterocycles. The third-order valence-corrected chi connectivity index (χ3v) is 4.03. The molecule has 0 aliphatic heterocycles. The fraction of sp³-hybridized carbons (Fsp3) is 0.438. The van der Waals surface area contributed by atoms with Crippen molar-refractivity contribution in [3.63, 3.8) is 0 Å².